The van der Waals surface area contributed by atoms with Crippen molar-refractivity contribution in [1.82, 2.24) is 5.32 Å². The highest BCUT2D eigenvalue weighted by Gasteiger charge is 2.40. The number of nitrogens with one attached hydrogen (secondary N) is 1. The highest BCUT2D eigenvalue weighted by molar-refractivity contribution is 7.08. The fourth-order valence-corrected chi connectivity index (χ4v) is 6.29. The summed E-state index contributed by atoms with van der Waals surface area (Å²) in [6.07, 6.45) is -4.85. The minimum absolute atomic E-state index is 0.235. The molecule has 0 bridgehead atoms. The molecule has 32 heavy (non-hydrogen) atoms. The summed E-state index contributed by atoms with van der Waals surface area (Å²) in [6.45, 7) is 6.38. The molecule has 0 aliphatic carbocycles. The molecule has 0 radical (unpaired) electrons. The van der Waals surface area contributed by atoms with Crippen molar-refractivity contribution in [2.24, 2.45) is 0 Å². The minimum Gasteiger partial charge on any atom is -0.388 e. The van der Waals surface area contributed by atoms with Gasteiger partial charge in [0.15, 0.2) is 8.80 Å². The average Bonchev–Trinajstić information content (AvgIpc) is 2.75. The molecule has 0 aromatic heterocycles. The lowest BCUT2D eigenvalue weighted by molar-refractivity contribution is -0.137. The van der Waals surface area contributed by atoms with Crippen molar-refractivity contribution in [3.63, 3.8) is 0 Å². The van der Waals surface area contributed by atoms with E-state index in [4.69, 9.17) is 4.74 Å². The maximum absolute atomic E-state index is 13.7. The zero-order valence-electron chi connectivity index (χ0n) is 18.9. The van der Waals surface area contributed by atoms with Crippen LogP contribution in [0.5, 0.6) is 0 Å². The Balaban J connectivity index is 2.36. The third-order valence-electron chi connectivity index (χ3n) is 4.99. The molecule has 1 amide bonds. The molecule has 0 saturated heterocycles. The van der Waals surface area contributed by atoms with Crippen LogP contribution in [0, 0.1) is 0 Å². The van der Waals surface area contributed by atoms with Gasteiger partial charge in [-0.05, 0) is 31.1 Å². The largest absolute Gasteiger partial charge is 0.388 e. The normalized spacial score (nSPS) is 15.6. The van der Waals surface area contributed by atoms with Crippen LogP contribution in [-0.2, 0) is 14.3 Å². The van der Waals surface area contributed by atoms with E-state index in [1.165, 1.54) is 6.92 Å². The maximum Gasteiger partial charge on any atom is 0.217 e. The molecule has 0 aliphatic heterocycles. The average molecular weight is 460 g/mol. The Morgan fingerprint density at radius 3 is 1.78 bits per heavy atom. The molecule has 4 atom stereocenters. The van der Waals surface area contributed by atoms with Crippen molar-refractivity contribution < 1.29 is 29.6 Å². The molecular formula is C24H33NO6Si. The highest BCUT2D eigenvalue weighted by atomic mass is 28.3. The van der Waals surface area contributed by atoms with Gasteiger partial charge in [-0.15, -0.1) is 0 Å². The summed E-state index contributed by atoms with van der Waals surface area (Å²) in [6, 6.07) is 17.0. The van der Waals surface area contributed by atoms with E-state index in [1.807, 2.05) is 60.7 Å². The van der Waals surface area contributed by atoms with E-state index in [-0.39, 0.29) is 12.0 Å². The first-order valence-corrected chi connectivity index (χ1v) is 12.3. The molecule has 0 spiro atoms. The second-order valence-corrected chi connectivity index (χ2v) is 11.6. The first kappa shape index (κ1) is 25.9. The van der Waals surface area contributed by atoms with Gasteiger partial charge in [0.2, 0.25) is 5.91 Å². The van der Waals surface area contributed by atoms with Crippen LogP contribution >= 0.6 is 0 Å². The zero-order chi connectivity index (χ0) is 23.9. The van der Waals surface area contributed by atoms with Gasteiger partial charge in [-0.1, -0.05) is 60.7 Å². The predicted molar refractivity (Wildman–Crippen MR) is 126 cm³/mol. The quantitative estimate of drug-likeness (QED) is 0.357. The Morgan fingerprint density at radius 1 is 0.906 bits per heavy atom. The summed E-state index contributed by atoms with van der Waals surface area (Å²) in [5.41, 5.74) is -0.558. The Bertz CT molecular complexity index is 832. The third kappa shape index (κ3) is 7.35. The smallest absolute Gasteiger partial charge is 0.217 e. The second-order valence-electron chi connectivity index (χ2n) is 8.81. The number of carbonyl (C=O) groups is 2. The summed E-state index contributed by atoms with van der Waals surface area (Å²) in [4.78, 5) is 25.6. The molecule has 2 aromatic rings. The van der Waals surface area contributed by atoms with Crippen molar-refractivity contribution in [2.75, 3.05) is 6.61 Å². The van der Waals surface area contributed by atoms with Crippen LogP contribution in [0.2, 0.25) is 0 Å². The van der Waals surface area contributed by atoms with E-state index in [0.717, 1.165) is 10.4 Å². The number of benzene rings is 2. The summed E-state index contributed by atoms with van der Waals surface area (Å²) in [7, 11) is -2.57. The highest BCUT2D eigenvalue weighted by Crippen LogP contribution is 2.13. The number of carbonyl (C=O) groups excluding carboxylic acids is 2. The molecule has 2 aromatic carbocycles. The Labute approximate surface area is 190 Å². The molecule has 0 aliphatic rings. The maximum atomic E-state index is 13.7. The molecular weight excluding hydrogens is 426 g/mol. The summed E-state index contributed by atoms with van der Waals surface area (Å²) >= 11 is 0. The van der Waals surface area contributed by atoms with Crippen molar-refractivity contribution >= 4 is 30.5 Å². The van der Waals surface area contributed by atoms with Crippen LogP contribution in [0.15, 0.2) is 60.7 Å². The van der Waals surface area contributed by atoms with E-state index in [2.05, 4.69) is 5.32 Å². The van der Waals surface area contributed by atoms with Gasteiger partial charge >= 0.3 is 0 Å². The van der Waals surface area contributed by atoms with Crippen molar-refractivity contribution in [3.05, 3.63) is 60.7 Å². The van der Waals surface area contributed by atoms with Gasteiger partial charge in [0, 0.05) is 6.92 Å². The molecule has 174 valence electrons. The van der Waals surface area contributed by atoms with E-state index < -0.39 is 44.7 Å². The minimum atomic E-state index is -2.57. The third-order valence-corrected chi connectivity index (χ3v) is 8.02. The number of amides is 1. The lowest BCUT2D eigenvalue weighted by atomic mass is 10.0. The summed E-state index contributed by atoms with van der Waals surface area (Å²) in [5, 5.41) is 35.5. The number of aliphatic hydroxyl groups is 3. The van der Waals surface area contributed by atoms with Crippen molar-refractivity contribution in [2.45, 2.75) is 57.6 Å². The molecule has 0 unspecified atom stereocenters. The van der Waals surface area contributed by atoms with Gasteiger partial charge in [-0.3, -0.25) is 4.79 Å². The van der Waals surface area contributed by atoms with E-state index >= 15 is 0 Å². The summed E-state index contributed by atoms with van der Waals surface area (Å²) in [5.74, 6) is -0.524. The van der Waals surface area contributed by atoms with Gasteiger partial charge in [-0.2, -0.15) is 0 Å². The fraction of sp³-hybridized carbons (Fsp3) is 0.417. The topological polar surface area (TPSA) is 116 Å². The first-order valence-electron chi connectivity index (χ1n) is 10.6. The lowest BCUT2D eigenvalue weighted by Gasteiger charge is -2.32. The van der Waals surface area contributed by atoms with Crippen molar-refractivity contribution in [1.29, 1.82) is 0 Å². The molecule has 8 heteroatoms. The van der Waals surface area contributed by atoms with Crippen LogP contribution in [0.25, 0.3) is 0 Å². The fourth-order valence-electron chi connectivity index (χ4n) is 3.39. The second kappa shape index (κ2) is 11.5. The van der Waals surface area contributed by atoms with Crippen molar-refractivity contribution in [3.8, 4) is 0 Å². The predicted octanol–water partition coefficient (Wildman–Crippen LogP) is -0.461. The molecule has 0 saturated carbocycles. The summed E-state index contributed by atoms with van der Waals surface area (Å²) < 4.78 is 5.49. The van der Waals surface area contributed by atoms with Gasteiger partial charge in [0.05, 0.1) is 12.2 Å². The number of aliphatic hydroxyl groups excluding tert-OH is 3. The molecule has 4 N–H and O–H groups in total. The van der Waals surface area contributed by atoms with Gasteiger partial charge in [-0.25, -0.2) is 0 Å². The molecule has 2 rings (SSSR count). The van der Waals surface area contributed by atoms with Crippen LogP contribution < -0.4 is 15.7 Å². The van der Waals surface area contributed by atoms with Gasteiger partial charge < -0.3 is 30.2 Å². The number of hydrogen-bond acceptors (Lipinski definition) is 6. The van der Waals surface area contributed by atoms with Crippen LogP contribution in [0.4, 0.5) is 0 Å². The number of rotatable bonds is 10. The van der Waals surface area contributed by atoms with E-state index in [9.17, 15) is 24.9 Å². The SMILES string of the molecule is CC(=O)N[C@H](C(=O)[SiH](c1ccccc1)c1ccccc1)[C@@H](O)[C@H](O)[C@H](O)COC(C)(C)C. The lowest BCUT2D eigenvalue weighted by Crippen LogP contribution is -2.63. The molecule has 0 heterocycles. The van der Waals surface area contributed by atoms with E-state index in [1.54, 1.807) is 20.8 Å². The van der Waals surface area contributed by atoms with Gasteiger partial charge in [0.1, 0.15) is 29.8 Å². The standard InChI is InChI=1S/C24H33NO6Si/c1-16(26)25-20(22(29)21(28)19(27)15-31-24(2,3)4)23(30)32(17-11-7-5-8-12-17)18-13-9-6-10-14-18/h5-14,19-22,27-29,32H,15H2,1-4H3,(H,25,26)/t19-,20+,21-,22-/m1/s1. The monoisotopic (exact) mass is 459 g/mol. The van der Waals surface area contributed by atoms with Crippen LogP contribution in [-0.4, -0.2) is 72.0 Å². The number of hydrogen-bond donors (Lipinski definition) is 4. The molecule has 0 fully saturated rings. The Morgan fingerprint density at radius 2 is 1.38 bits per heavy atom. The zero-order valence-corrected chi connectivity index (χ0v) is 20.1. The Hall–Kier alpha value is -2.36. The van der Waals surface area contributed by atoms with Crippen LogP contribution in [0.1, 0.15) is 27.7 Å². The first-order chi connectivity index (χ1) is 15.0. The van der Waals surface area contributed by atoms with Crippen LogP contribution in [0.3, 0.4) is 0 Å². The van der Waals surface area contributed by atoms with Gasteiger partial charge in [0.25, 0.3) is 0 Å². The Kier molecular flexibility index (Phi) is 9.29. The van der Waals surface area contributed by atoms with E-state index in [0.29, 0.717) is 0 Å². The molecule has 7 nitrogen and oxygen atoms in total. The number of ether oxygens (including phenoxy) is 1.